The van der Waals surface area contributed by atoms with E-state index in [4.69, 9.17) is 4.74 Å². The van der Waals surface area contributed by atoms with Crippen LogP contribution in [0.15, 0.2) is 36.7 Å². The molecular weight excluding hydrogens is 334 g/mol. The van der Waals surface area contributed by atoms with Crippen molar-refractivity contribution in [1.82, 2.24) is 25.0 Å². The molecule has 0 radical (unpaired) electrons. The van der Waals surface area contributed by atoms with Gasteiger partial charge in [0.25, 0.3) is 0 Å². The second-order valence-corrected chi connectivity index (χ2v) is 6.13. The molecule has 3 heterocycles. The van der Waals surface area contributed by atoms with Crippen molar-refractivity contribution in [1.29, 1.82) is 0 Å². The van der Waals surface area contributed by atoms with Gasteiger partial charge in [-0.1, -0.05) is 6.07 Å². The lowest BCUT2D eigenvalue weighted by Gasteiger charge is -2.33. The normalized spacial score (nSPS) is 16.2. The number of hydrogen-bond donors (Lipinski definition) is 1. The van der Waals surface area contributed by atoms with Crippen LogP contribution in [-0.2, 0) is 27.4 Å². The molecule has 8 nitrogen and oxygen atoms in total. The van der Waals surface area contributed by atoms with Crippen molar-refractivity contribution < 1.29 is 14.3 Å². The lowest BCUT2D eigenvalue weighted by atomic mass is 10.1. The number of nitrogens with zero attached hydrogens (tertiary/aromatic N) is 4. The minimum absolute atomic E-state index is 0.0588. The van der Waals surface area contributed by atoms with Crippen LogP contribution >= 0.6 is 0 Å². The quantitative estimate of drug-likeness (QED) is 0.795. The van der Waals surface area contributed by atoms with Gasteiger partial charge in [0.1, 0.15) is 6.61 Å². The third kappa shape index (κ3) is 4.45. The molecule has 138 valence electrons. The summed E-state index contributed by atoms with van der Waals surface area (Å²) in [5, 5.41) is 7.20. The Morgan fingerprint density at radius 3 is 2.96 bits per heavy atom. The highest BCUT2D eigenvalue weighted by Gasteiger charge is 2.29. The van der Waals surface area contributed by atoms with E-state index in [-0.39, 0.29) is 30.9 Å². The van der Waals surface area contributed by atoms with E-state index in [1.165, 1.54) is 0 Å². The van der Waals surface area contributed by atoms with Crippen molar-refractivity contribution in [2.45, 2.75) is 32.5 Å². The van der Waals surface area contributed by atoms with Crippen molar-refractivity contribution in [2.75, 3.05) is 19.8 Å². The molecule has 1 N–H and O–H groups in total. The molecule has 0 aromatic carbocycles. The lowest BCUT2D eigenvalue weighted by molar-refractivity contribution is -0.138. The van der Waals surface area contributed by atoms with Crippen LogP contribution < -0.4 is 5.32 Å². The van der Waals surface area contributed by atoms with Gasteiger partial charge in [0, 0.05) is 25.5 Å². The predicted molar refractivity (Wildman–Crippen MR) is 93.9 cm³/mol. The monoisotopic (exact) mass is 357 g/mol. The Hall–Kier alpha value is -2.74. The number of rotatable bonds is 7. The molecule has 0 bridgehead atoms. The molecule has 8 heteroatoms. The summed E-state index contributed by atoms with van der Waals surface area (Å²) >= 11 is 0. The molecule has 26 heavy (non-hydrogen) atoms. The maximum Gasteiger partial charge on any atom is 0.248 e. The predicted octanol–water partition coefficient (Wildman–Crippen LogP) is 0.904. The smallest absolute Gasteiger partial charge is 0.248 e. The van der Waals surface area contributed by atoms with Crippen LogP contribution in [0.3, 0.4) is 0 Å². The van der Waals surface area contributed by atoms with Crippen LogP contribution in [0.4, 0.5) is 0 Å². The molecule has 3 rings (SSSR count). The van der Waals surface area contributed by atoms with E-state index in [2.05, 4.69) is 15.4 Å². The minimum atomic E-state index is -0.192. The number of aromatic nitrogens is 3. The SMILES string of the molecule is CCOCC(=O)N1Cc2ccnn2C(CC(=O)NCc2ccccn2)C1. The Morgan fingerprint density at radius 1 is 1.31 bits per heavy atom. The molecule has 1 atom stereocenters. The summed E-state index contributed by atoms with van der Waals surface area (Å²) in [5.74, 6) is -0.167. The highest BCUT2D eigenvalue weighted by Crippen LogP contribution is 2.23. The van der Waals surface area contributed by atoms with Crippen LogP contribution in [-0.4, -0.2) is 51.2 Å². The van der Waals surface area contributed by atoms with Crippen LogP contribution in [0.1, 0.15) is 30.8 Å². The fourth-order valence-electron chi connectivity index (χ4n) is 2.99. The van der Waals surface area contributed by atoms with Gasteiger partial charge in [0.15, 0.2) is 0 Å². The number of pyridine rings is 1. The van der Waals surface area contributed by atoms with Gasteiger partial charge in [-0.15, -0.1) is 0 Å². The van der Waals surface area contributed by atoms with Gasteiger partial charge in [-0.2, -0.15) is 5.10 Å². The van der Waals surface area contributed by atoms with E-state index in [0.29, 0.717) is 26.2 Å². The molecule has 1 aliphatic heterocycles. The summed E-state index contributed by atoms with van der Waals surface area (Å²) in [6, 6.07) is 7.26. The average Bonchev–Trinajstić information content (AvgIpc) is 3.14. The first kappa shape index (κ1) is 18.1. The van der Waals surface area contributed by atoms with E-state index in [0.717, 1.165) is 11.4 Å². The van der Waals surface area contributed by atoms with Crippen molar-refractivity contribution in [2.24, 2.45) is 0 Å². The van der Waals surface area contributed by atoms with E-state index in [1.54, 1.807) is 17.3 Å². The minimum Gasteiger partial charge on any atom is -0.372 e. The van der Waals surface area contributed by atoms with Gasteiger partial charge in [-0.05, 0) is 25.1 Å². The lowest BCUT2D eigenvalue weighted by Crippen LogP contribution is -2.44. The number of ether oxygens (including phenoxy) is 1. The maximum absolute atomic E-state index is 12.4. The highest BCUT2D eigenvalue weighted by molar-refractivity contribution is 5.78. The third-order valence-corrected chi connectivity index (χ3v) is 4.28. The first-order valence-corrected chi connectivity index (χ1v) is 8.72. The summed E-state index contributed by atoms with van der Waals surface area (Å²) in [6.07, 6.45) is 3.64. The van der Waals surface area contributed by atoms with Crippen molar-refractivity contribution in [3.63, 3.8) is 0 Å². The van der Waals surface area contributed by atoms with Gasteiger partial charge < -0.3 is 15.0 Å². The second-order valence-electron chi connectivity index (χ2n) is 6.13. The van der Waals surface area contributed by atoms with Crippen molar-refractivity contribution >= 4 is 11.8 Å². The molecule has 0 aliphatic carbocycles. The number of carbonyl (C=O) groups excluding carboxylic acids is 2. The van der Waals surface area contributed by atoms with Crippen molar-refractivity contribution in [3.8, 4) is 0 Å². The summed E-state index contributed by atoms with van der Waals surface area (Å²) < 4.78 is 7.06. The number of carbonyl (C=O) groups is 2. The first-order valence-electron chi connectivity index (χ1n) is 8.72. The van der Waals surface area contributed by atoms with Gasteiger partial charge in [-0.25, -0.2) is 0 Å². The largest absolute Gasteiger partial charge is 0.372 e. The van der Waals surface area contributed by atoms with Crippen LogP contribution in [0.2, 0.25) is 0 Å². The highest BCUT2D eigenvalue weighted by atomic mass is 16.5. The Balaban J connectivity index is 1.60. The van der Waals surface area contributed by atoms with Gasteiger partial charge in [0.05, 0.1) is 36.9 Å². The Morgan fingerprint density at radius 2 is 2.19 bits per heavy atom. The molecule has 2 aromatic heterocycles. The van der Waals surface area contributed by atoms with E-state index >= 15 is 0 Å². The van der Waals surface area contributed by atoms with E-state index < -0.39 is 0 Å². The first-order chi connectivity index (χ1) is 12.7. The zero-order valence-corrected chi connectivity index (χ0v) is 14.8. The van der Waals surface area contributed by atoms with Gasteiger partial charge >= 0.3 is 0 Å². The number of hydrogen-bond acceptors (Lipinski definition) is 5. The van der Waals surface area contributed by atoms with Crippen LogP contribution in [0.5, 0.6) is 0 Å². The Bertz CT molecular complexity index is 746. The molecular formula is C18H23N5O3. The molecule has 1 unspecified atom stereocenters. The standard InChI is InChI=1S/C18H23N5O3/c1-2-26-13-18(25)22-11-15-6-8-21-23(15)16(12-22)9-17(24)20-10-14-5-3-4-7-19-14/h3-8,16H,2,9-13H2,1H3,(H,20,24). The summed E-state index contributed by atoms with van der Waals surface area (Å²) in [5.41, 5.74) is 1.72. The van der Waals surface area contributed by atoms with Gasteiger partial charge in [-0.3, -0.25) is 19.3 Å². The topological polar surface area (TPSA) is 89.4 Å². The van der Waals surface area contributed by atoms with Crippen LogP contribution in [0.25, 0.3) is 0 Å². The van der Waals surface area contributed by atoms with E-state index in [1.807, 2.05) is 35.9 Å². The fraction of sp³-hybridized carbons (Fsp3) is 0.444. The van der Waals surface area contributed by atoms with Gasteiger partial charge in [0.2, 0.25) is 11.8 Å². The zero-order chi connectivity index (χ0) is 18.4. The molecule has 0 spiro atoms. The zero-order valence-electron chi connectivity index (χ0n) is 14.8. The molecule has 1 aliphatic rings. The second kappa shape index (κ2) is 8.57. The molecule has 2 aromatic rings. The number of nitrogens with one attached hydrogen (secondary N) is 1. The average molecular weight is 357 g/mol. The molecule has 0 saturated heterocycles. The summed E-state index contributed by atoms with van der Waals surface area (Å²) in [4.78, 5) is 30.6. The summed E-state index contributed by atoms with van der Waals surface area (Å²) in [7, 11) is 0. The fourth-order valence-corrected chi connectivity index (χ4v) is 2.99. The number of amides is 2. The molecule has 0 saturated carbocycles. The molecule has 0 fully saturated rings. The van der Waals surface area contributed by atoms with Crippen LogP contribution in [0, 0.1) is 0 Å². The Labute approximate surface area is 152 Å². The third-order valence-electron chi connectivity index (χ3n) is 4.28. The Kier molecular flexibility index (Phi) is 5.96. The number of fused-ring (bicyclic) bond motifs is 1. The molecule has 2 amide bonds. The summed E-state index contributed by atoms with van der Waals surface area (Å²) in [6.45, 7) is 3.72. The maximum atomic E-state index is 12.4. The van der Waals surface area contributed by atoms with E-state index in [9.17, 15) is 9.59 Å². The van der Waals surface area contributed by atoms with Crippen molar-refractivity contribution in [3.05, 3.63) is 48.0 Å².